The van der Waals surface area contributed by atoms with Gasteiger partial charge in [-0.25, -0.2) is 15.0 Å². The molecule has 0 aliphatic rings. The smallest absolute Gasteiger partial charge is 0.164 e. The number of furan rings is 1. The maximum atomic E-state index is 9.52. The summed E-state index contributed by atoms with van der Waals surface area (Å²) in [6.45, 7) is 0. The molecule has 11 rings (SSSR count). The lowest BCUT2D eigenvalue weighted by molar-refractivity contribution is 0.669. The van der Waals surface area contributed by atoms with E-state index in [2.05, 4.69) is 146 Å². The van der Waals surface area contributed by atoms with Crippen LogP contribution in [0.1, 0.15) is 5.56 Å². The van der Waals surface area contributed by atoms with E-state index in [1.54, 1.807) is 0 Å². The van der Waals surface area contributed by atoms with Crippen molar-refractivity contribution in [1.82, 2.24) is 15.0 Å². The standard InChI is InChI=1S/C58H36N4O/c59-37-38-12-10-19-46(32-38)43-24-28-45(29-25-43)56-60-57(62-58(61-56)50-34-48(40-15-6-2-7-16-40)33-49(35-50)41-17-8-3-9-18-41)47-30-31-52-54(36-47)63-53-21-11-20-51(55(52)53)44-26-22-42(23-27-44)39-13-4-1-5-14-39/h1-36H. The van der Waals surface area contributed by atoms with Crippen molar-refractivity contribution in [3.63, 3.8) is 0 Å². The topological polar surface area (TPSA) is 75.6 Å². The summed E-state index contributed by atoms with van der Waals surface area (Å²) in [4.78, 5) is 15.5. The number of benzene rings is 9. The van der Waals surface area contributed by atoms with Crippen molar-refractivity contribution in [2.24, 2.45) is 0 Å². The maximum absolute atomic E-state index is 9.52. The zero-order valence-electron chi connectivity index (χ0n) is 34.0. The first-order valence-corrected chi connectivity index (χ1v) is 20.9. The minimum absolute atomic E-state index is 0.534. The summed E-state index contributed by atoms with van der Waals surface area (Å²) in [5.41, 5.74) is 15.6. The molecule has 9 aromatic carbocycles. The van der Waals surface area contributed by atoms with Gasteiger partial charge in [0, 0.05) is 27.5 Å². The third-order valence-electron chi connectivity index (χ3n) is 11.6. The molecule has 0 unspecified atom stereocenters. The number of fused-ring (bicyclic) bond motifs is 3. The van der Waals surface area contributed by atoms with E-state index in [1.807, 2.05) is 78.9 Å². The molecule has 0 N–H and O–H groups in total. The van der Waals surface area contributed by atoms with E-state index in [0.717, 1.165) is 83.1 Å². The fourth-order valence-corrected chi connectivity index (χ4v) is 8.37. The summed E-state index contributed by atoms with van der Waals surface area (Å²) in [6, 6.07) is 77.0. The van der Waals surface area contributed by atoms with Gasteiger partial charge in [0.05, 0.1) is 11.6 Å². The first-order chi connectivity index (χ1) is 31.1. The average molecular weight is 805 g/mol. The predicted molar refractivity (Wildman–Crippen MR) is 255 cm³/mol. The van der Waals surface area contributed by atoms with Gasteiger partial charge in [-0.05, 0) is 104 Å². The summed E-state index contributed by atoms with van der Waals surface area (Å²) in [6.07, 6.45) is 0. The predicted octanol–water partition coefficient (Wildman–Crippen LogP) is 15.0. The van der Waals surface area contributed by atoms with Crippen LogP contribution in [0.25, 0.3) is 112 Å². The molecule has 11 aromatic rings. The monoisotopic (exact) mass is 804 g/mol. The third-order valence-corrected chi connectivity index (χ3v) is 11.6. The summed E-state index contributed by atoms with van der Waals surface area (Å²) in [5.74, 6) is 1.64. The van der Waals surface area contributed by atoms with Gasteiger partial charge in [0.1, 0.15) is 11.2 Å². The van der Waals surface area contributed by atoms with E-state index >= 15 is 0 Å². The van der Waals surface area contributed by atoms with Gasteiger partial charge < -0.3 is 4.42 Å². The number of nitriles is 1. The van der Waals surface area contributed by atoms with Crippen LogP contribution in [0, 0.1) is 11.3 Å². The fourth-order valence-electron chi connectivity index (χ4n) is 8.37. The second kappa shape index (κ2) is 16.0. The van der Waals surface area contributed by atoms with E-state index in [1.165, 1.54) is 11.1 Å². The summed E-state index contributed by atoms with van der Waals surface area (Å²) in [5, 5.41) is 11.6. The van der Waals surface area contributed by atoms with Crippen LogP contribution in [-0.2, 0) is 0 Å². The van der Waals surface area contributed by atoms with E-state index in [0.29, 0.717) is 23.0 Å². The molecule has 0 amide bonds. The van der Waals surface area contributed by atoms with Gasteiger partial charge in [-0.3, -0.25) is 0 Å². The molecule has 5 heteroatoms. The third kappa shape index (κ3) is 7.33. The van der Waals surface area contributed by atoms with Crippen LogP contribution in [0.15, 0.2) is 223 Å². The van der Waals surface area contributed by atoms with Crippen molar-refractivity contribution in [3.8, 4) is 95.9 Å². The lowest BCUT2D eigenvalue weighted by atomic mass is 9.95. The van der Waals surface area contributed by atoms with Crippen molar-refractivity contribution in [1.29, 1.82) is 5.26 Å². The van der Waals surface area contributed by atoms with Crippen molar-refractivity contribution in [2.75, 3.05) is 0 Å². The van der Waals surface area contributed by atoms with Crippen LogP contribution in [0.3, 0.4) is 0 Å². The van der Waals surface area contributed by atoms with E-state index in [9.17, 15) is 5.26 Å². The Bertz CT molecular complexity index is 3420. The highest BCUT2D eigenvalue weighted by Crippen LogP contribution is 2.39. The molecular formula is C58H36N4O. The zero-order valence-corrected chi connectivity index (χ0v) is 34.0. The number of rotatable bonds is 8. The van der Waals surface area contributed by atoms with Gasteiger partial charge in [0.2, 0.25) is 0 Å². The van der Waals surface area contributed by atoms with Crippen LogP contribution in [0.2, 0.25) is 0 Å². The Hall–Kier alpha value is -8.72. The SMILES string of the molecule is N#Cc1cccc(-c2ccc(-c3nc(-c4cc(-c5ccccc5)cc(-c5ccccc5)c4)nc(-c4ccc5c(c4)oc4cccc(-c6ccc(-c7ccccc7)cc6)c45)n3)cc2)c1. The molecule has 0 saturated carbocycles. The molecule has 0 aliphatic heterocycles. The van der Waals surface area contributed by atoms with E-state index in [-0.39, 0.29) is 0 Å². The Morgan fingerprint density at radius 1 is 0.317 bits per heavy atom. The number of nitrogens with zero attached hydrogens (tertiary/aromatic N) is 4. The molecule has 0 spiro atoms. The van der Waals surface area contributed by atoms with Gasteiger partial charge in [-0.1, -0.05) is 170 Å². The molecule has 0 bridgehead atoms. The van der Waals surface area contributed by atoms with Crippen LogP contribution in [0.4, 0.5) is 0 Å². The van der Waals surface area contributed by atoms with Crippen LogP contribution in [-0.4, -0.2) is 15.0 Å². The molecule has 0 atom stereocenters. The Morgan fingerprint density at radius 2 is 0.778 bits per heavy atom. The minimum Gasteiger partial charge on any atom is -0.456 e. The molecular weight excluding hydrogens is 769 g/mol. The highest BCUT2D eigenvalue weighted by Gasteiger charge is 2.18. The van der Waals surface area contributed by atoms with E-state index in [4.69, 9.17) is 19.4 Å². The molecule has 0 radical (unpaired) electrons. The summed E-state index contributed by atoms with van der Waals surface area (Å²) < 4.78 is 6.61. The van der Waals surface area contributed by atoms with Crippen LogP contribution < -0.4 is 0 Å². The Balaban J connectivity index is 1.05. The quantitative estimate of drug-likeness (QED) is 0.153. The van der Waals surface area contributed by atoms with Gasteiger partial charge in [0.15, 0.2) is 17.5 Å². The van der Waals surface area contributed by atoms with Crippen molar-refractivity contribution in [3.05, 3.63) is 224 Å². The van der Waals surface area contributed by atoms with Gasteiger partial charge >= 0.3 is 0 Å². The second-order valence-corrected chi connectivity index (χ2v) is 15.5. The summed E-state index contributed by atoms with van der Waals surface area (Å²) in [7, 11) is 0. The molecule has 0 aliphatic carbocycles. The largest absolute Gasteiger partial charge is 0.456 e. The average Bonchev–Trinajstić information content (AvgIpc) is 3.75. The maximum Gasteiger partial charge on any atom is 0.164 e. The molecule has 63 heavy (non-hydrogen) atoms. The van der Waals surface area contributed by atoms with Gasteiger partial charge in [-0.2, -0.15) is 5.26 Å². The Morgan fingerprint density at radius 3 is 1.40 bits per heavy atom. The van der Waals surface area contributed by atoms with E-state index < -0.39 is 0 Å². The Kier molecular flexibility index (Phi) is 9.50. The van der Waals surface area contributed by atoms with Gasteiger partial charge in [0.25, 0.3) is 0 Å². The van der Waals surface area contributed by atoms with Crippen molar-refractivity contribution in [2.45, 2.75) is 0 Å². The molecule has 5 nitrogen and oxygen atoms in total. The van der Waals surface area contributed by atoms with Crippen molar-refractivity contribution >= 4 is 21.9 Å². The molecule has 0 fully saturated rings. The Labute approximate surface area is 364 Å². The molecule has 2 aromatic heterocycles. The lowest BCUT2D eigenvalue weighted by Gasteiger charge is -2.13. The lowest BCUT2D eigenvalue weighted by Crippen LogP contribution is -2.00. The fraction of sp³-hybridized carbons (Fsp3) is 0. The normalized spacial score (nSPS) is 11.2. The summed E-state index contributed by atoms with van der Waals surface area (Å²) >= 11 is 0. The first-order valence-electron chi connectivity index (χ1n) is 20.9. The van der Waals surface area contributed by atoms with Crippen LogP contribution in [0.5, 0.6) is 0 Å². The van der Waals surface area contributed by atoms with Crippen LogP contribution >= 0.6 is 0 Å². The zero-order chi connectivity index (χ0) is 42.1. The first kappa shape index (κ1) is 37.3. The second-order valence-electron chi connectivity index (χ2n) is 15.5. The van der Waals surface area contributed by atoms with Gasteiger partial charge in [-0.15, -0.1) is 0 Å². The number of aromatic nitrogens is 3. The van der Waals surface area contributed by atoms with Crippen molar-refractivity contribution < 1.29 is 4.42 Å². The number of hydrogen-bond donors (Lipinski definition) is 0. The highest BCUT2D eigenvalue weighted by molar-refractivity contribution is 6.13. The molecule has 0 saturated heterocycles. The highest BCUT2D eigenvalue weighted by atomic mass is 16.3. The molecule has 2 heterocycles. The number of hydrogen-bond acceptors (Lipinski definition) is 5. The minimum atomic E-state index is 0.534. The molecule has 294 valence electrons.